The lowest BCUT2D eigenvalue weighted by molar-refractivity contribution is 0.139. The number of aromatic amines is 1. The molecule has 8 heteroatoms. The van der Waals surface area contributed by atoms with Crippen molar-refractivity contribution >= 4 is 28.6 Å². The number of aromatic hydroxyl groups is 1. The first-order valence-corrected chi connectivity index (χ1v) is 8.99. The minimum atomic E-state index is -0.548. The van der Waals surface area contributed by atoms with Gasteiger partial charge in [0.25, 0.3) is 0 Å². The Kier molecular flexibility index (Phi) is 6.16. The zero-order valence-electron chi connectivity index (χ0n) is 15.5. The second kappa shape index (κ2) is 8.75. The van der Waals surface area contributed by atoms with Crippen LogP contribution in [0.3, 0.4) is 0 Å². The lowest BCUT2D eigenvalue weighted by atomic mass is 10.1. The number of carbonyl (C=O) groups excluding carboxylic acids is 1. The number of carbonyl (C=O) groups is 1. The van der Waals surface area contributed by atoms with Crippen LogP contribution in [0, 0.1) is 0 Å². The maximum Gasteiger partial charge on any atom is 0.407 e. The molecule has 0 saturated carbocycles. The molecule has 0 fully saturated rings. The molecule has 0 saturated heterocycles. The molecule has 28 heavy (non-hydrogen) atoms. The van der Waals surface area contributed by atoms with Crippen molar-refractivity contribution in [2.24, 2.45) is 0 Å². The lowest BCUT2D eigenvalue weighted by Gasteiger charge is -2.12. The van der Waals surface area contributed by atoms with Crippen molar-refractivity contribution in [3.8, 4) is 17.2 Å². The van der Waals surface area contributed by atoms with Gasteiger partial charge in [0.05, 0.1) is 19.2 Å². The molecule has 0 aliphatic rings. The van der Waals surface area contributed by atoms with Crippen molar-refractivity contribution in [1.82, 2.24) is 10.3 Å². The molecule has 7 nitrogen and oxygen atoms in total. The molecule has 0 unspecified atom stereocenters. The molecule has 1 aromatic heterocycles. The zero-order chi connectivity index (χ0) is 20.1. The number of aromatic nitrogens is 1. The Balaban J connectivity index is 1.53. The van der Waals surface area contributed by atoms with Gasteiger partial charge in [0.15, 0.2) is 11.5 Å². The van der Waals surface area contributed by atoms with Crippen LogP contribution in [0.1, 0.15) is 11.1 Å². The highest BCUT2D eigenvalue weighted by Gasteiger charge is 2.12. The predicted octanol–water partition coefficient (Wildman–Crippen LogP) is 4.01. The van der Waals surface area contributed by atoms with E-state index in [1.807, 2.05) is 12.3 Å². The summed E-state index contributed by atoms with van der Waals surface area (Å²) >= 11 is 6.19. The molecule has 0 radical (unpaired) electrons. The van der Waals surface area contributed by atoms with E-state index in [4.69, 9.17) is 25.8 Å². The Morgan fingerprint density at radius 3 is 2.64 bits per heavy atom. The molecular weight excluding hydrogens is 384 g/mol. The number of nitrogens with one attached hydrogen (secondary N) is 2. The predicted molar refractivity (Wildman–Crippen MR) is 106 cm³/mol. The SMILES string of the molecule is COc1cc(Cl)c(COC(=O)NCCc2c[nH]c3ccc(O)cc23)cc1OC. The van der Waals surface area contributed by atoms with E-state index in [0.717, 1.165) is 16.5 Å². The van der Waals surface area contributed by atoms with Crippen LogP contribution < -0.4 is 14.8 Å². The number of hydrogen-bond acceptors (Lipinski definition) is 5. The van der Waals surface area contributed by atoms with Crippen molar-refractivity contribution < 1.29 is 24.1 Å². The van der Waals surface area contributed by atoms with E-state index in [9.17, 15) is 9.90 Å². The van der Waals surface area contributed by atoms with Gasteiger partial charge in [-0.25, -0.2) is 4.79 Å². The molecule has 0 aliphatic carbocycles. The summed E-state index contributed by atoms with van der Waals surface area (Å²) in [6, 6.07) is 8.41. The van der Waals surface area contributed by atoms with Crippen molar-refractivity contribution in [1.29, 1.82) is 0 Å². The summed E-state index contributed by atoms with van der Waals surface area (Å²) in [5.41, 5.74) is 2.54. The molecule has 0 atom stereocenters. The highest BCUT2D eigenvalue weighted by molar-refractivity contribution is 6.31. The Labute approximate surface area is 167 Å². The summed E-state index contributed by atoms with van der Waals surface area (Å²) in [5.74, 6) is 1.21. The Hall–Kier alpha value is -3.06. The minimum Gasteiger partial charge on any atom is -0.508 e. The van der Waals surface area contributed by atoms with Gasteiger partial charge in [0.1, 0.15) is 12.4 Å². The number of fused-ring (bicyclic) bond motifs is 1. The standard InChI is InChI=1S/C20H21ClN2O5/c1-26-18-7-13(16(21)9-19(18)27-2)11-28-20(25)22-6-5-12-10-23-17-4-3-14(24)8-15(12)17/h3-4,7-10,23-24H,5-6,11H2,1-2H3,(H,22,25). The normalized spacial score (nSPS) is 10.7. The van der Waals surface area contributed by atoms with Crippen molar-refractivity contribution in [2.75, 3.05) is 20.8 Å². The second-order valence-corrected chi connectivity index (χ2v) is 6.50. The van der Waals surface area contributed by atoms with Crippen LogP contribution in [0.5, 0.6) is 17.2 Å². The number of amides is 1. The number of phenols is 1. The van der Waals surface area contributed by atoms with Gasteiger partial charge >= 0.3 is 6.09 Å². The molecule has 0 bridgehead atoms. The van der Waals surface area contributed by atoms with Gasteiger partial charge in [0.2, 0.25) is 0 Å². The number of H-pyrrole nitrogens is 1. The number of alkyl carbamates (subject to hydrolysis) is 1. The summed E-state index contributed by atoms with van der Waals surface area (Å²) in [6.45, 7) is 0.396. The van der Waals surface area contributed by atoms with Crippen molar-refractivity contribution in [3.63, 3.8) is 0 Å². The number of hydrogen-bond donors (Lipinski definition) is 3. The van der Waals surface area contributed by atoms with Crippen LogP contribution in [0.4, 0.5) is 4.79 Å². The summed E-state index contributed by atoms with van der Waals surface area (Å²) in [4.78, 5) is 15.1. The Morgan fingerprint density at radius 1 is 1.14 bits per heavy atom. The van der Waals surface area contributed by atoms with E-state index in [0.29, 0.717) is 35.1 Å². The third-order valence-electron chi connectivity index (χ3n) is 4.33. The van der Waals surface area contributed by atoms with Gasteiger partial charge in [-0.3, -0.25) is 0 Å². The topological polar surface area (TPSA) is 92.8 Å². The number of phenolic OH excluding ortho intramolecular Hbond substituents is 1. The van der Waals surface area contributed by atoms with E-state index >= 15 is 0 Å². The fourth-order valence-electron chi connectivity index (χ4n) is 2.87. The van der Waals surface area contributed by atoms with E-state index < -0.39 is 6.09 Å². The number of halogens is 1. The summed E-state index contributed by atoms with van der Waals surface area (Å²) in [5, 5.41) is 13.7. The first-order valence-electron chi connectivity index (χ1n) is 8.62. The van der Waals surface area contributed by atoms with Crippen LogP contribution >= 0.6 is 11.6 Å². The number of ether oxygens (including phenoxy) is 3. The Bertz CT molecular complexity index is 986. The first-order chi connectivity index (χ1) is 13.5. The number of benzene rings is 2. The van der Waals surface area contributed by atoms with Gasteiger partial charge in [-0.05, 0) is 36.2 Å². The molecule has 3 N–H and O–H groups in total. The average molecular weight is 405 g/mol. The highest BCUT2D eigenvalue weighted by atomic mass is 35.5. The quantitative estimate of drug-likeness (QED) is 0.553. The number of methoxy groups -OCH3 is 2. The van der Waals surface area contributed by atoms with E-state index in [-0.39, 0.29) is 12.4 Å². The molecule has 3 rings (SSSR count). The van der Waals surface area contributed by atoms with Crippen LogP contribution in [0.25, 0.3) is 10.9 Å². The maximum absolute atomic E-state index is 12.0. The van der Waals surface area contributed by atoms with Crippen LogP contribution in [-0.4, -0.2) is 36.9 Å². The van der Waals surface area contributed by atoms with Crippen molar-refractivity contribution in [2.45, 2.75) is 13.0 Å². The fraction of sp³-hybridized carbons (Fsp3) is 0.250. The largest absolute Gasteiger partial charge is 0.508 e. The van der Waals surface area contributed by atoms with E-state index in [1.165, 1.54) is 14.2 Å². The highest BCUT2D eigenvalue weighted by Crippen LogP contribution is 2.33. The van der Waals surface area contributed by atoms with E-state index in [1.54, 1.807) is 24.3 Å². The molecule has 148 valence electrons. The van der Waals surface area contributed by atoms with Gasteiger partial charge in [-0.1, -0.05) is 11.6 Å². The minimum absolute atomic E-state index is 0.00593. The fourth-order valence-corrected chi connectivity index (χ4v) is 3.08. The first kappa shape index (κ1) is 19.7. The van der Waals surface area contributed by atoms with Gasteiger partial charge < -0.3 is 29.6 Å². The van der Waals surface area contributed by atoms with E-state index in [2.05, 4.69) is 10.3 Å². The average Bonchev–Trinajstić information content (AvgIpc) is 3.08. The maximum atomic E-state index is 12.0. The smallest absolute Gasteiger partial charge is 0.407 e. The molecule has 0 spiro atoms. The van der Waals surface area contributed by atoms with Gasteiger partial charge in [-0.2, -0.15) is 0 Å². The summed E-state index contributed by atoms with van der Waals surface area (Å²) in [7, 11) is 3.04. The van der Waals surface area contributed by atoms with Crippen LogP contribution in [0.2, 0.25) is 5.02 Å². The molecule has 1 amide bonds. The second-order valence-electron chi connectivity index (χ2n) is 6.10. The summed E-state index contributed by atoms with van der Waals surface area (Å²) < 4.78 is 15.6. The Morgan fingerprint density at radius 2 is 1.89 bits per heavy atom. The summed E-state index contributed by atoms with van der Waals surface area (Å²) in [6.07, 6.45) is 1.91. The third kappa shape index (κ3) is 4.43. The van der Waals surface area contributed by atoms with Crippen LogP contribution in [-0.2, 0) is 17.8 Å². The van der Waals surface area contributed by atoms with Gasteiger partial charge in [0, 0.05) is 35.3 Å². The third-order valence-corrected chi connectivity index (χ3v) is 4.68. The molecule has 3 aromatic rings. The van der Waals surface area contributed by atoms with Crippen molar-refractivity contribution in [3.05, 3.63) is 52.7 Å². The monoisotopic (exact) mass is 404 g/mol. The number of rotatable bonds is 7. The molecule has 0 aliphatic heterocycles. The van der Waals surface area contributed by atoms with Crippen LogP contribution in [0.15, 0.2) is 36.5 Å². The van der Waals surface area contributed by atoms with Gasteiger partial charge in [-0.15, -0.1) is 0 Å². The molecule has 1 heterocycles. The zero-order valence-corrected chi connectivity index (χ0v) is 16.3. The molecular formula is C20H21ClN2O5. The molecule has 2 aromatic carbocycles. The lowest BCUT2D eigenvalue weighted by Crippen LogP contribution is -2.26.